The molecule has 8 heteroatoms. The van der Waals surface area contributed by atoms with Crippen molar-refractivity contribution in [2.75, 3.05) is 33.3 Å². The Morgan fingerprint density at radius 1 is 0.848 bits per heavy atom. The number of ether oxygens (including phenoxy) is 2. The zero-order chi connectivity index (χ0) is 23.3. The molecule has 174 valence electrons. The number of methoxy groups -OCH3 is 1. The Kier molecular flexibility index (Phi) is 7.55. The molecule has 3 aromatic rings. The van der Waals surface area contributed by atoms with E-state index in [1.165, 1.54) is 4.31 Å². The lowest BCUT2D eigenvalue weighted by Gasteiger charge is -2.34. The van der Waals surface area contributed by atoms with Crippen LogP contribution in [0.1, 0.15) is 11.1 Å². The maximum Gasteiger partial charge on any atom is 0.243 e. The number of rotatable bonds is 8. The van der Waals surface area contributed by atoms with Gasteiger partial charge in [0.1, 0.15) is 6.61 Å². The molecule has 33 heavy (non-hydrogen) atoms. The van der Waals surface area contributed by atoms with Gasteiger partial charge < -0.3 is 9.47 Å². The molecule has 0 aliphatic carbocycles. The van der Waals surface area contributed by atoms with Crippen LogP contribution >= 0.6 is 11.6 Å². The zero-order valence-electron chi connectivity index (χ0n) is 18.5. The lowest BCUT2D eigenvalue weighted by molar-refractivity contribution is 0.181. The molecule has 0 amide bonds. The summed E-state index contributed by atoms with van der Waals surface area (Å²) in [4.78, 5) is 2.52. The Labute approximate surface area is 200 Å². The summed E-state index contributed by atoms with van der Waals surface area (Å²) in [6, 6.07) is 22.2. The number of halogens is 1. The van der Waals surface area contributed by atoms with Gasteiger partial charge in [0.15, 0.2) is 11.5 Å². The normalized spacial score (nSPS) is 15.3. The van der Waals surface area contributed by atoms with Crippen molar-refractivity contribution in [1.82, 2.24) is 9.21 Å². The molecule has 6 nitrogen and oxygen atoms in total. The second kappa shape index (κ2) is 10.6. The largest absolute Gasteiger partial charge is 0.493 e. The molecule has 0 bridgehead atoms. The third-order valence-corrected chi connectivity index (χ3v) is 7.82. The van der Waals surface area contributed by atoms with E-state index in [1.54, 1.807) is 31.4 Å². The Balaban J connectivity index is 1.34. The fraction of sp³-hybridized carbons (Fsp3) is 0.280. The minimum Gasteiger partial charge on any atom is -0.493 e. The predicted molar refractivity (Wildman–Crippen MR) is 129 cm³/mol. The summed E-state index contributed by atoms with van der Waals surface area (Å²) in [5, 5.41) is 0.519. The molecule has 1 fully saturated rings. The summed E-state index contributed by atoms with van der Waals surface area (Å²) in [6.07, 6.45) is 0. The first kappa shape index (κ1) is 23.6. The van der Waals surface area contributed by atoms with Gasteiger partial charge in [0, 0.05) is 37.7 Å². The Hall–Kier alpha value is -2.58. The van der Waals surface area contributed by atoms with Crippen LogP contribution in [0.25, 0.3) is 0 Å². The minimum absolute atomic E-state index is 0.274. The zero-order valence-corrected chi connectivity index (χ0v) is 20.1. The average Bonchev–Trinajstić information content (AvgIpc) is 2.84. The average molecular weight is 487 g/mol. The molecular formula is C25H27ClN2O4S. The summed E-state index contributed by atoms with van der Waals surface area (Å²) < 4.78 is 38.8. The molecule has 4 rings (SSSR count). The summed E-state index contributed by atoms with van der Waals surface area (Å²) >= 11 is 5.89. The highest BCUT2D eigenvalue weighted by molar-refractivity contribution is 7.89. The van der Waals surface area contributed by atoms with Crippen molar-refractivity contribution >= 4 is 21.6 Å². The van der Waals surface area contributed by atoms with E-state index >= 15 is 0 Å². The lowest BCUT2D eigenvalue weighted by atomic mass is 10.1. The van der Waals surface area contributed by atoms with Gasteiger partial charge in [0.2, 0.25) is 10.0 Å². The number of hydrogen-bond acceptors (Lipinski definition) is 5. The Bertz CT molecular complexity index is 1160. The smallest absolute Gasteiger partial charge is 0.243 e. The molecule has 0 radical (unpaired) electrons. The molecule has 0 N–H and O–H groups in total. The third kappa shape index (κ3) is 5.86. The molecule has 0 aromatic heterocycles. The molecule has 0 saturated carbocycles. The predicted octanol–water partition coefficient (Wildman–Crippen LogP) is 4.43. The van der Waals surface area contributed by atoms with Crippen molar-refractivity contribution in [3.8, 4) is 11.5 Å². The van der Waals surface area contributed by atoms with E-state index in [-0.39, 0.29) is 4.90 Å². The fourth-order valence-corrected chi connectivity index (χ4v) is 5.35. The second-order valence-electron chi connectivity index (χ2n) is 7.89. The van der Waals surface area contributed by atoms with Gasteiger partial charge in [-0.05, 0) is 47.5 Å². The maximum atomic E-state index is 12.9. The van der Waals surface area contributed by atoms with Crippen LogP contribution in [0.2, 0.25) is 5.02 Å². The van der Waals surface area contributed by atoms with Crippen molar-refractivity contribution in [1.29, 1.82) is 0 Å². The summed E-state index contributed by atoms with van der Waals surface area (Å²) in [5.41, 5.74) is 2.18. The van der Waals surface area contributed by atoms with E-state index in [2.05, 4.69) is 4.90 Å². The van der Waals surface area contributed by atoms with Gasteiger partial charge in [0.25, 0.3) is 0 Å². The van der Waals surface area contributed by atoms with E-state index in [1.807, 2.05) is 48.5 Å². The number of sulfonamides is 1. The summed E-state index contributed by atoms with van der Waals surface area (Å²) in [7, 11) is -1.88. The maximum absolute atomic E-state index is 12.9. The second-order valence-corrected chi connectivity index (χ2v) is 10.3. The van der Waals surface area contributed by atoms with E-state index < -0.39 is 10.0 Å². The van der Waals surface area contributed by atoms with E-state index in [4.69, 9.17) is 21.1 Å². The van der Waals surface area contributed by atoms with Crippen LogP contribution in [-0.4, -0.2) is 50.9 Å². The number of hydrogen-bond donors (Lipinski definition) is 0. The van der Waals surface area contributed by atoms with Crippen LogP contribution in [0.4, 0.5) is 0 Å². The lowest BCUT2D eigenvalue weighted by Crippen LogP contribution is -2.48. The van der Waals surface area contributed by atoms with Gasteiger partial charge in [0.05, 0.1) is 12.0 Å². The van der Waals surface area contributed by atoms with E-state index in [0.29, 0.717) is 55.9 Å². The topological polar surface area (TPSA) is 59.1 Å². The van der Waals surface area contributed by atoms with Crippen molar-refractivity contribution in [3.05, 3.63) is 88.9 Å². The van der Waals surface area contributed by atoms with Crippen LogP contribution in [0.5, 0.6) is 11.5 Å². The van der Waals surface area contributed by atoms with Crippen molar-refractivity contribution in [3.63, 3.8) is 0 Å². The molecule has 1 saturated heterocycles. The minimum atomic E-state index is -3.51. The van der Waals surface area contributed by atoms with Crippen LogP contribution in [0, 0.1) is 0 Å². The number of benzene rings is 3. The van der Waals surface area contributed by atoms with Gasteiger partial charge in [-0.1, -0.05) is 48.0 Å². The summed E-state index contributed by atoms with van der Waals surface area (Å²) in [5.74, 6) is 1.39. The van der Waals surface area contributed by atoms with E-state index in [0.717, 1.165) is 11.1 Å². The highest BCUT2D eigenvalue weighted by Crippen LogP contribution is 2.29. The first-order chi connectivity index (χ1) is 16.0. The van der Waals surface area contributed by atoms with Gasteiger partial charge >= 0.3 is 0 Å². The quantitative estimate of drug-likeness (QED) is 0.471. The molecule has 0 spiro atoms. The molecule has 1 aliphatic heterocycles. The van der Waals surface area contributed by atoms with Crippen LogP contribution in [-0.2, 0) is 23.2 Å². The Morgan fingerprint density at radius 2 is 1.55 bits per heavy atom. The SMILES string of the molecule is COc1cc(CN2CCN(S(=O)(=O)c3ccc(Cl)cc3)CC2)ccc1OCc1ccccc1. The standard InChI is InChI=1S/C25H27ClN2O4S/c1-31-25-17-21(7-12-24(25)32-19-20-5-3-2-4-6-20)18-27-13-15-28(16-14-27)33(29,30)23-10-8-22(26)9-11-23/h2-12,17H,13-16,18-19H2,1H3. The first-order valence-electron chi connectivity index (χ1n) is 10.8. The van der Waals surface area contributed by atoms with Crippen LogP contribution < -0.4 is 9.47 Å². The molecule has 1 aliphatic rings. The van der Waals surface area contributed by atoms with Crippen molar-refractivity contribution in [2.24, 2.45) is 0 Å². The van der Waals surface area contributed by atoms with Gasteiger partial charge in [-0.2, -0.15) is 4.31 Å². The van der Waals surface area contributed by atoms with Gasteiger partial charge in [-0.25, -0.2) is 8.42 Å². The van der Waals surface area contributed by atoms with Crippen LogP contribution in [0.3, 0.4) is 0 Å². The van der Waals surface area contributed by atoms with E-state index in [9.17, 15) is 8.42 Å². The van der Waals surface area contributed by atoms with Crippen molar-refractivity contribution < 1.29 is 17.9 Å². The highest BCUT2D eigenvalue weighted by Gasteiger charge is 2.28. The highest BCUT2D eigenvalue weighted by atomic mass is 35.5. The fourth-order valence-electron chi connectivity index (χ4n) is 3.81. The molecule has 1 heterocycles. The van der Waals surface area contributed by atoms with Crippen molar-refractivity contribution in [2.45, 2.75) is 18.0 Å². The van der Waals surface area contributed by atoms with Crippen LogP contribution in [0.15, 0.2) is 77.7 Å². The molecular weight excluding hydrogens is 460 g/mol. The third-order valence-electron chi connectivity index (χ3n) is 5.65. The molecule has 0 atom stereocenters. The Morgan fingerprint density at radius 3 is 2.21 bits per heavy atom. The van der Waals surface area contributed by atoms with Gasteiger partial charge in [-0.15, -0.1) is 0 Å². The molecule has 0 unspecified atom stereocenters. The monoisotopic (exact) mass is 486 g/mol. The molecule has 3 aromatic carbocycles. The number of nitrogens with zero attached hydrogens (tertiary/aromatic N) is 2. The number of piperazine rings is 1. The summed E-state index contributed by atoms with van der Waals surface area (Å²) in [6.45, 7) is 3.38. The van der Waals surface area contributed by atoms with Gasteiger partial charge in [-0.3, -0.25) is 4.90 Å². The first-order valence-corrected chi connectivity index (χ1v) is 12.6.